The lowest BCUT2D eigenvalue weighted by molar-refractivity contribution is 0.102. The predicted molar refractivity (Wildman–Crippen MR) is 87.4 cm³/mol. The van der Waals surface area contributed by atoms with Gasteiger partial charge in [-0.05, 0) is 59.3 Å². The van der Waals surface area contributed by atoms with Gasteiger partial charge in [0, 0.05) is 15.7 Å². The van der Waals surface area contributed by atoms with Gasteiger partial charge in [-0.2, -0.15) is 0 Å². The van der Waals surface area contributed by atoms with E-state index in [-0.39, 0.29) is 5.91 Å². The van der Waals surface area contributed by atoms with E-state index in [0.29, 0.717) is 12.2 Å². The zero-order valence-corrected chi connectivity index (χ0v) is 14.0. The molecule has 0 fully saturated rings. The standard InChI is InChI=1S/C15H13Br2NO2/c1-2-20-14-7-6-10(8-13(14)17)15(19)18-12-5-3-4-11(16)9-12/h3-9H,2H2,1H3,(H,18,19). The Morgan fingerprint density at radius 3 is 2.65 bits per heavy atom. The zero-order chi connectivity index (χ0) is 14.5. The smallest absolute Gasteiger partial charge is 0.255 e. The Hall–Kier alpha value is -1.33. The van der Waals surface area contributed by atoms with E-state index in [0.717, 1.165) is 20.4 Å². The van der Waals surface area contributed by atoms with Crippen molar-refractivity contribution >= 4 is 43.5 Å². The molecule has 0 aliphatic heterocycles. The summed E-state index contributed by atoms with van der Waals surface area (Å²) < 4.78 is 7.11. The molecule has 0 unspecified atom stereocenters. The molecule has 0 aliphatic rings. The molecule has 0 aliphatic carbocycles. The molecule has 5 heteroatoms. The third-order valence-electron chi connectivity index (χ3n) is 2.58. The third kappa shape index (κ3) is 3.84. The van der Waals surface area contributed by atoms with Crippen LogP contribution in [0.2, 0.25) is 0 Å². The molecular formula is C15H13Br2NO2. The van der Waals surface area contributed by atoms with Crippen LogP contribution in [0.5, 0.6) is 5.75 Å². The van der Waals surface area contributed by atoms with Crippen LogP contribution in [-0.4, -0.2) is 12.5 Å². The second kappa shape index (κ2) is 6.90. The average molecular weight is 399 g/mol. The van der Waals surface area contributed by atoms with E-state index in [9.17, 15) is 4.79 Å². The number of ether oxygens (including phenoxy) is 1. The van der Waals surface area contributed by atoms with Gasteiger partial charge in [0.25, 0.3) is 5.91 Å². The highest BCUT2D eigenvalue weighted by Gasteiger charge is 2.09. The lowest BCUT2D eigenvalue weighted by Gasteiger charge is -2.09. The Morgan fingerprint density at radius 1 is 1.20 bits per heavy atom. The first-order valence-corrected chi connectivity index (χ1v) is 7.68. The highest BCUT2D eigenvalue weighted by atomic mass is 79.9. The Kier molecular flexibility index (Phi) is 5.20. The van der Waals surface area contributed by atoms with E-state index < -0.39 is 0 Å². The van der Waals surface area contributed by atoms with Gasteiger partial charge in [-0.15, -0.1) is 0 Å². The lowest BCUT2D eigenvalue weighted by atomic mass is 10.2. The molecule has 0 aromatic heterocycles. The summed E-state index contributed by atoms with van der Waals surface area (Å²) in [5.41, 5.74) is 1.31. The summed E-state index contributed by atoms with van der Waals surface area (Å²) >= 11 is 6.77. The van der Waals surface area contributed by atoms with Crippen LogP contribution >= 0.6 is 31.9 Å². The minimum Gasteiger partial charge on any atom is -0.493 e. The SMILES string of the molecule is CCOc1ccc(C(=O)Nc2cccc(Br)c2)cc1Br. The third-order valence-corrected chi connectivity index (χ3v) is 3.69. The molecule has 3 nitrogen and oxygen atoms in total. The maximum atomic E-state index is 12.2. The average Bonchev–Trinajstić information content (AvgIpc) is 2.41. The van der Waals surface area contributed by atoms with Gasteiger partial charge < -0.3 is 10.1 Å². The fourth-order valence-electron chi connectivity index (χ4n) is 1.68. The van der Waals surface area contributed by atoms with Gasteiger partial charge in [-0.3, -0.25) is 4.79 Å². The largest absolute Gasteiger partial charge is 0.493 e. The van der Waals surface area contributed by atoms with E-state index in [1.165, 1.54) is 0 Å². The van der Waals surface area contributed by atoms with Gasteiger partial charge in [0.05, 0.1) is 11.1 Å². The van der Waals surface area contributed by atoms with Crippen LogP contribution in [0, 0.1) is 0 Å². The Morgan fingerprint density at radius 2 is 2.00 bits per heavy atom. The Bertz CT molecular complexity index is 629. The van der Waals surface area contributed by atoms with Crippen molar-refractivity contribution in [1.29, 1.82) is 0 Å². The summed E-state index contributed by atoms with van der Waals surface area (Å²) in [5.74, 6) is 0.568. The molecule has 104 valence electrons. The van der Waals surface area contributed by atoms with Gasteiger partial charge in [-0.1, -0.05) is 22.0 Å². The van der Waals surface area contributed by atoms with Gasteiger partial charge in [0.15, 0.2) is 0 Å². The Labute approximate surface area is 134 Å². The van der Waals surface area contributed by atoms with E-state index in [1.807, 2.05) is 31.2 Å². The second-order valence-corrected chi connectivity index (χ2v) is 5.81. The highest BCUT2D eigenvalue weighted by Crippen LogP contribution is 2.26. The number of carbonyl (C=O) groups is 1. The second-order valence-electron chi connectivity index (χ2n) is 4.04. The van der Waals surface area contributed by atoms with Crippen LogP contribution in [0.4, 0.5) is 5.69 Å². The van der Waals surface area contributed by atoms with Crippen molar-refractivity contribution in [1.82, 2.24) is 0 Å². The van der Waals surface area contributed by atoms with Crippen LogP contribution in [0.15, 0.2) is 51.4 Å². The van der Waals surface area contributed by atoms with Crippen molar-refractivity contribution in [2.45, 2.75) is 6.92 Å². The topological polar surface area (TPSA) is 38.3 Å². The van der Waals surface area contributed by atoms with Crippen molar-refractivity contribution in [3.63, 3.8) is 0 Å². The molecule has 1 N–H and O–H groups in total. The predicted octanol–water partition coefficient (Wildman–Crippen LogP) is 4.86. The number of hydrogen-bond donors (Lipinski definition) is 1. The molecule has 2 aromatic carbocycles. The van der Waals surface area contributed by atoms with E-state index >= 15 is 0 Å². The van der Waals surface area contributed by atoms with Gasteiger partial charge in [0.2, 0.25) is 0 Å². The van der Waals surface area contributed by atoms with Crippen molar-refractivity contribution in [2.24, 2.45) is 0 Å². The maximum Gasteiger partial charge on any atom is 0.255 e. The molecule has 0 bridgehead atoms. The molecule has 0 radical (unpaired) electrons. The zero-order valence-electron chi connectivity index (χ0n) is 10.8. The summed E-state index contributed by atoms with van der Waals surface area (Å²) in [5, 5.41) is 2.85. The van der Waals surface area contributed by atoms with Crippen molar-refractivity contribution in [3.8, 4) is 5.75 Å². The molecule has 2 rings (SSSR count). The van der Waals surface area contributed by atoms with Crippen molar-refractivity contribution in [3.05, 3.63) is 57.0 Å². The minimum atomic E-state index is -0.160. The van der Waals surface area contributed by atoms with Crippen LogP contribution in [0.3, 0.4) is 0 Å². The number of halogens is 2. The summed E-state index contributed by atoms with van der Waals surface area (Å²) in [4.78, 5) is 12.2. The van der Waals surface area contributed by atoms with Crippen LogP contribution in [0.1, 0.15) is 17.3 Å². The molecule has 0 heterocycles. The summed E-state index contributed by atoms with van der Waals surface area (Å²) in [7, 11) is 0. The molecule has 0 atom stereocenters. The normalized spacial score (nSPS) is 10.2. The summed E-state index contributed by atoms with van der Waals surface area (Å²) in [6, 6.07) is 12.7. The fraction of sp³-hybridized carbons (Fsp3) is 0.133. The lowest BCUT2D eigenvalue weighted by Crippen LogP contribution is -2.11. The molecule has 0 saturated heterocycles. The first-order valence-electron chi connectivity index (χ1n) is 6.09. The van der Waals surface area contributed by atoms with Crippen LogP contribution in [-0.2, 0) is 0 Å². The van der Waals surface area contributed by atoms with Gasteiger partial charge in [-0.25, -0.2) is 0 Å². The first-order chi connectivity index (χ1) is 9.60. The molecular weight excluding hydrogens is 386 g/mol. The van der Waals surface area contributed by atoms with Crippen molar-refractivity contribution in [2.75, 3.05) is 11.9 Å². The van der Waals surface area contributed by atoms with Crippen LogP contribution < -0.4 is 10.1 Å². The number of hydrogen-bond acceptors (Lipinski definition) is 2. The first kappa shape index (κ1) is 15.1. The Balaban J connectivity index is 2.15. The molecule has 20 heavy (non-hydrogen) atoms. The highest BCUT2D eigenvalue weighted by molar-refractivity contribution is 9.10. The number of anilines is 1. The number of rotatable bonds is 4. The quantitative estimate of drug-likeness (QED) is 0.798. The van der Waals surface area contributed by atoms with Gasteiger partial charge >= 0.3 is 0 Å². The van der Waals surface area contributed by atoms with Crippen molar-refractivity contribution < 1.29 is 9.53 Å². The number of nitrogens with one attached hydrogen (secondary N) is 1. The summed E-state index contributed by atoms with van der Waals surface area (Å²) in [6.45, 7) is 2.50. The number of benzene rings is 2. The number of carbonyl (C=O) groups excluding carboxylic acids is 1. The molecule has 1 amide bonds. The van der Waals surface area contributed by atoms with Crippen LogP contribution in [0.25, 0.3) is 0 Å². The summed E-state index contributed by atoms with van der Waals surface area (Å²) in [6.07, 6.45) is 0. The molecule has 2 aromatic rings. The van der Waals surface area contributed by atoms with E-state index in [2.05, 4.69) is 37.2 Å². The van der Waals surface area contributed by atoms with Gasteiger partial charge in [0.1, 0.15) is 5.75 Å². The van der Waals surface area contributed by atoms with E-state index in [1.54, 1.807) is 18.2 Å². The fourth-order valence-corrected chi connectivity index (χ4v) is 2.58. The monoisotopic (exact) mass is 397 g/mol. The van der Waals surface area contributed by atoms with E-state index in [4.69, 9.17) is 4.74 Å². The maximum absolute atomic E-state index is 12.2. The minimum absolute atomic E-state index is 0.160. The molecule has 0 spiro atoms. The molecule has 0 saturated carbocycles. The number of amides is 1.